The zero-order valence-electron chi connectivity index (χ0n) is 18.4. The highest BCUT2D eigenvalue weighted by Gasteiger charge is 2.22. The number of hydrogen-bond donors (Lipinski definition) is 1. The second kappa shape index (κ2) is 10.8. The van der Waals surface area contributed by atoms with Gasteiger partial charge in [-0.15, -0.1) is 0 Å². The summed E-state index contributed by atoms with van der Waals surface area (Å²) in [6.07, 6.45) is 1.17. The molecule has 0 saturated carbocycles. The van der Waals surface area contributed by atoms with Crippen LogP contribution in [0.2, 0.25) is 0 Å². The van der Waals surface area contributed by atoms with Crippen molar-refractivity contribution in [3.05, 3.63) is 65.2 Å². The van der Waals surface area contributed by atoms with E-state index in [9.17, 15) is 9.59 Å². The van der Waals surface area contributed by atoms with Gasteiger partial charge in [0.05, 0.1) is 5.69 Å². The Labute approximate surface area is 175 Å². The summed E-state index contributed by atoms with van der Waals surface area (Å²) in [4.78, 5) is 26.6. The predicted molar refractivity (Wildman–Crippen MR) is 120 cm³/mol. The molecule has 0 unspecified atom stereocenters. The van der Waals surface area contributed by atoms with Crippen LogP contribution < -0.4 is 10.2 Å². The number of carbonyl (C=O) groups excluding carboxylic acids is 2. The van der Waals surface area contributed by atoms with Crippen LogP contribution >= 0.6 is 0 Å². The Bertz CT molecular complexity index is 787. The maximum Gasteiger partial charge on any atom is 0.223 e. The van der Waals surface area contributed by atoms with Crippen molar-refractivity contribution in [1.29, 1.82) is 0 Å². The fourth-order valence-electron chi connectivity index (χ4n) is 3.55. The lowest BCUT2D eigenvalue weighted by Gasteiger charge is -2.29. The Hall–Kier alpha value is -2.62. The molecule has 0 aliphatic carbocycles. The molecule has 0 spiro atoms. The van der Waals surface area contributed by atoms with Crippen LogP contribution in [-0.2, 0) is 16.0 Å². The third kappa shape index (κ3) is 6.45. The molecule has 4 heteroatoms. The van der Waals surface area contributed by atoms with Crippen LogP contribution in [0.15, 0.2) is 48.5 Å². The fourth-order valence-corrected chi connectivity index (χ4v) is 3.55. The number of carbonyl (C=O) groups is 2. The first kappa shape index (κ1) is 22.7. The predicted octanol–water partition coefficient (Wildman–Crippen LogP) is 5.04. The van der Waals surface area contributed by atoms with Gasteiger partial charge in [-0.1, -0.05) is 76.2 Å². The van der Waals surface area contributed by atoms with E-state index in [4.69, 9.17) is 0 Å². The molecule has 0 fully saturated rings. The van der Waals surface area contributed by atoms with Crippen molar-refractivity contribution >= 4 is 17.5 Å². The Morgan fingerprint density at radius 2 is 1.48 bits per heavy atom. The molecule has 1 N–H and O–H groups in total. The quantitative estimate of drug-likeness (QED) is 0.648. The number of nitrogens with zero attached hydrogens (tertiary/aromatic N) is 1. The molecule has 29 heavy (non-hydrogen) atoms. The van der Waals surface area contributed by atoms with Gasteiger partial charge < -0.3 is 10.2 Å². The lowest BCUT2D eigenvalue weighted by atomic mass is 9.92. The Morgan fingerprint density at radius 1 is 0.897 bits per heavy atom. The molecule has 0 atom stereocenters. The van der Waals surface area contributed by atoms with Crippen LogP contribution in [0, 0.1) is 0 Å². The average molecular weight is 395 g/mol. The van der Waals surface area contributed by atoms with Crippen molar-refractivity contribution in [2.24, 2.45) is 0 Å². The normalized spacial score (nSPS) is 11.0. The monoisotopic (exact) mass is 394 g/mol. The Balaban J connectivity index is 2.06. The molecule has 156 valence electrons. The summed E-state index contributed by atoms with van der Waals surface area (Å²) in [7, 11) is 0. The Morgan fingerprint density at radius 3 is 2.00 bits per heavy atom. The van der Waals surface area contributed by atoms with E-state index in [1.165, 1.54) is 11.1 Å². The SMILES string of the molecule is CC(=O)N(CCNC(=O)CCc1ccccc1)c1c(C(C)C)cccc1C(C)C. The minimum absolute atomic E-state index is 0.00136. The molecule has 0 aliphatic heterocycles. The van der Waals surface area contributed by atoms with Crippen LogP contribution in [0.1, 0.15) is 69.6 Å². The summed E-state index contributed by atoms with van der Waals surface area (Å²) < 4.78 is 0. The van der Waals surface area contributed by atoms with E-state index < -0.39 is 0 Å². The van der Waals surface area contributed by atoms with E-state index in [0.717, 1.165) is 17.7 Å². The molecule has 0 saturated heterocycles. The van der Waals surface area contributed by atoms with Gasteiger partial charge in [0.15, 0.2) is 0 Å². The van der Waals surface area contributed by atoms with Gasteiger partial charge in [0.1, 0.15) is 0 Å². The van der Waals surface area contributed by atoms with E-state index in [0.29, 0.717) is 31.3 Å². The molecule has 0 heterocycles. The summed E-state index contributed by atoms with van der Waals surface area (Å²) >= 11 is 0. The summed E-state index contributed by atoms with van der Waals surface area (Å²) in [6, 6.07) is 16.3. The highest BCUT2D eigenvalue weighted by molar-refractivity contribution is 5.93. The second-order valence-electron chi connectivity index (χ2n) is 8.10. The lowest BCUT2D eigenvalue weighted by Crippen LogP contribution is -2.38. The standard InChI is InChI=1S/C25H34N2O2/c1-18(2)22-12-9-13-23(19(3)4)25(22)27(20(5)28)17-16-26-24(29)15-14-21-10-7-6-8-11-21/h6-13,18-19H,14-17H2,1-5H3,(H,26,29). The number of rotatable bonds is 9. The molecule has 0 aliphatic rings. The number of hydrogen-bond acceptors (Lipinski definition) is 2. The zero-order chi connectivity index (χ0) is 21.4. The van der Waals surface area contributed by atoms with E-state index in [1.54, 1.807) is 6.92 Å². The third-order valence-corrected chi connectivity index (χ3v) is 5.13. The van der Waals surface area contributed by atoms with Crippen molar-refractivity contribution in [1.82, 2.24) is 5.32 Å². The van der Waals surface area contributed by atoms with Gasteiger partial charge in [0.25, 0.3) is 0 Å². The van der Waals surface area contributed by atoms with Crippen molar-refractivity contribution in [2.45, 2.75) is 59.3 Å². The molecule has 4 nitrogen and oxygen atoms in total. The van der Waals surface area contributed by atoms with Crippen LogP contribution in [0.4, 0.5) is 5.69 Å². The van der Waals surface area contributed by atoms with Crippen LogP contribution in [-0.4, -0.2) is 24.9 Å². The molecule has 0 aromatic heterocycles. The number of nitrogens with one attached hydrogen (secondary N) is 1. The van der Waals surface area contributed by atoms with Crippen molar-refractivity contribution in [3.63, 3.8) is 0 Å². The molecular formula is C25H34N2O2. The first-order chi connectivity index (χ1) is 13.8. The summed E-state index contributed by atoms with van der Waals surface area (Å²) in [5, 5.41) is 2.97. The molecule has 0 radical (unpaired) electrons. The second-order valence-corrected chi connectivity index (χ2v) is 8.10. The third-order valence-electron chi connectivity index (χ3n) is 5.13. The fraction of sp³-hybridized carbons (Fsp3) is 0.440. The molecular weight excluding hydrogens is 360 g/mol. The number of anilines is 1. The van der Waals surface area contributed by atoms with Gasteiger partial charge >= 0.3 is 0 Å². The van der Waals surface area contributed by atoms with Crippen molar-refractivity contribution in [3.8, 4) is 0 Å². The van der Waals surface area contributed by atoms with Crippen LogP contribution in [0.5, 0.6) is 0 Å². The van der Waals surface area contributed by atoms with Crippen LogP contribution in [0.25, 0.3) is 0 Å². The molecule has 2 aromatic rings. The van der Waals surface area contributed by atoms with E-state index in [2.05, 4.69) is 51.2 Å². The first-order valence-electron chi connectivity index (χ1n) is 10.5. The van der Waals surface area contributed by atoms with Crippen molar-refractivity contribution in [2.75, 3.05) is 18.0 Å². The highest BCUT2D eigenvalue weighted by atomic mass is 16.2. The van der Waals surface area contributed by atoms with Crippen molar-refractivity contribution < 1.29 is 9.59 Å². The minimum atomic E-state index is -0.00136. The molecule has 2 aromatic carbocycles. The zero-order valence-corrected chi connectivity index (χ0v) is 18.4. The lowest BCUT2D eigenvalue weighted by molar-refractivity contribution is -0.121. The van der Waals surface area contributed by atoms with E-state index in [-0.39, 0.29) is 11.8 Å². The molecule has 2 amide bonds. The summed E-state index contributed by atoms with van der Waals surface area (Å²) in [5.74, 6) is 0.633. The minimum Gasteiger partial charge on any atom is -0.354 e. The largest absolute Gasteiger partial charge is 0.354 e. The summed E-state index contributed by atoms with van der Waals surface area (Å²) in [6.45, 7) is 11.1. The number of aryl methyl sites for hydroxylation is 1. The van der Waals surface area contributed by atoms with Gasteiger partial charge in [0.2, 0.25) is 11.8 Å². The molecule has 2 rings (SSSR count). The maximum absolute atomic E-state index is 12.5. The number of para-hydroxylation sites is 1. The number of benzene rings is 2. The Kier molecular flexibility index (Phi) is 8.44. The highest BCUT2D eigenvalue weighted by Crippen LogP contribution is 2.35. The first-order valence-corrected chi connectivity index (χ1v) is 10.5. The smallest absolute Gasteiger partial charge is 0.223 e. The van der Waals surface area contributed by atoms with Gasteiger partial charge in [-0.25, -0.2) is 0 Å². The van der Waals surface area contributed by atoms with E-state index in [1.807, 2.05) is 35.2 Å². The van der Waals surface area contributed by atoms with Gasteiger partial charge in [0, 0.05) is 26.4 Å². The maximum atomic E-state index is 12.5. The topological polar surface area (TPSA) is 49.4 Å². The van der Waals surface area contributed by atoms with Gasteiger partial charge in [-0.3, -0.25) is 9.59 Å². The summed E-state index contributed by atoms with van der Waals surface area (Å²) in [5.41, 5.74) is 4.49. The molecule has 0 bridgehead atoms. The van der Waals surface area contributed by atoms with E-state index >= 15 is 0 Å². The average Bonchev–Trinajstić information content (AvgIpc) is 2.69. The number of amides is 2. The van der Waals surface area contributed by atoms with Gasteiger partial charge in [-0.05, 0) is 34.9 Å². The van der Waals surface area contributed by atoms with Crippen LogP contribution in [0.3, 0.4) is 0 Å². The van der Waals surface area contributed by atoms with Gasteiger partial charge in [-0.2, -0.15) is 0 Å².